The second-order valence-corrected chi connectivity index (χ2v) is 7.08. The topological polar surface area (TPSA) is 93.7 Å². The van der Waals surface area contributed by atoms with E-state index < -0.39 is 18.1 Å². The van der Waals surface area contributed by atoms with Gasteiger partial charge in [0.25, 0.3) is 0 Å². The minimum Gasteiger partial charge on any atom is -0.467 e. The molecular weight excluding hydrogens is 440 g/mol. The Kier molecular flexibility index (Phi) is 9.17. The van der Waals surface area contributed by atoms with E-state index in [-0.39, 0.29) is 25.5 Å². The van der Waals surface area contributed by atoms with Crippen molar-refractivity contribution >= 4 is 33.9 Å². The molecule has 0 fully saturated rings. The number of esters is 1. The van der Waals surface area contributed by atoms with Crippen LogP contribution in [0.15, 0.2) is 59.1 Å². The van der Waals surface area contributed by atoms with Gasteiger partial charge in [0.2, 0.25) is 5.91 Å². The first-order valence-electron chi connectivity index (χ1n) is 9.07. The number of ether oxygens (including phenoxy) is 2. The molecule has 0 radical (unpaired) electrons. The average molecular weight is 463 g/mol. The van der Waals surface area contributed by atoms with Crippen LogP contribution in [-0.2, 0) is 25.7 Å². The van der Waals surface area contributed by atoms with Gasteiger partial charge in [0.1, 0.15) is 6.61 Å². The molecule has 1 atom stereocenters. The minimum absolute atomic E-state index is 0.142. The summed E-state index contributed by atoms with van der Waals surface area (Å²) in [7, 11) is 1.27. The van der Waals surface area contributed by atoms with Gasteiger partial charge in [-0.1, -0.05) is 58.4 Å². The van der Waals surface area contributed by atoms with Crippen LogP contribution in [0.5, 0.6) is 0 Å². The highest BCUT2D eigenvalue weighted by Crippen LogP contribution is 2.18. The van der Waals surface area contributed by atoms with Gasteiger partial charge in [-0.2, -0.15) is 0 Å². The predicted octanol–water partition coefficient (Wildman–Crippen LogP) is 3.49. The number of halogens is 1. The highest BCUT2D eigenvalue weighted by Gasteiger charge is 2.23. The van der Waals surface area contributed by atoms with Gasteiger partial charge < -0.3 is 20.1 Å². The Hall–Kier alpha value is -2.87. The molecule has 154 valence electrons. The molecule has 0 aliphatic rings. The maximum absolute atomic E-state index is 12.2. The third-order valence-electron chi connectivity index (χ3n) is 4.01. The van der Waals surface area contributed by atoms with Gasteiger partial charge in [-0.25, -0.2) is 9.59 Å². The Morgan fingerprint density at radius 3 is 2.38 bits per heavy atom. The zero-order valence-corrected chi connectivity index (χ0v) is 17.6. The van der Waals surface area contributed by atoms with Gasteiger partial charge >= 0.3 is 12.1 Å². The molecule has 2 N–H and O–H groups in total. The summed E-state index contributed by atoms with van der Waals surface area (Å²) in [5.74, 6) is -0.869. The van der Waals surface area contributed by atoms with Crippen molar-refractivity contribution in [3.63, 3.8) is 0 Å². The lowest BCUT2D eigenvalue weighted by molar-refractivity contribution is -0.145. The van der Waals surface area contributed by atoms with Gasteiger partial charge in [0.15, 0.2) is 6.04 Å². The average Bonchev–Trinajstić information content (AvgIpc) is 2.74. The van der Waals surface area contributed by atoms with Crippen LogP contribution in [0.3, 0.4) is 0 Å². The number of methoxy groups -OCH3 is 1. The van der Waals surface area contributed by atoms with Crippen molar-refractivity contribution in [1.82, 2.24) is 10.6 Å². The van der Waals surface area contributed by atoms with E-state index in [1.54, 1.807) is 24.3 Å². The predicted molar refractivity (Wildman–Crippen MR) is 111 cm³/mol. The van der Waals surface area contributed by atoms with E-state index in [1.807, 2.05) is 30.3 Å². The van der Waals surface area contributed by atoms with Crippen LogP contribution >= 0.6 is 15.9 Å². The lowest BCUT2D eigenvalue weighted by Gasteiger charge is -2.17. The van der Waals surface area contributed by atoms with Crippen LogP contribution in [0.4, 0.5) is 4.79 Å². The van der Waals surface area contributed by atoms with Crippen molar-refractivity contribution in [3.8, 4) is 0 Å². The van der Waals surface area contributed by atoms with E-state index in [9.17, 15) is 14.4 Å². The molecule has 0 aliphatic heterocycles. The first kappa shape index (κ1) is 22.4. The summed E-state index contributed by atoms with van der Waals surface area (Å²) in [6, 6.07) is 15.5. The summed E-state index contributed by atoms with van der Waals surface area (Å²) in [6.07, 6.45) is 0.000276. The van der Waals surface area contributed by atoms with E-state index in [4.69, 9.17) is 9.47 Å². The molecular formula is C21H23BrN2O5. The lowest BCUT2D eigenvalue weighted by Crippen LogP contribution is -2.35. The summed E-state index contributed by atoms with van der Waals surface area (Å²) in [6.45, 7) is 0.462. The number of carbonyl (C=O) groups excluding carboxylic acids is 3. The molecule has 1 unspecified atom stereocenters. The van der Waals surface area contributed by atoms with Gasteiger partial charge in [-0.15, -0.1) is 0 Å². The van der Waals surface area contributed by atoms with Crippen molar-refractivity contribution in [2.24, 2.45) is 0 Å². The summed E-state index contributed by atoms with van der Waals surface area (Å²) in [4.78, 5) is 35.9. The van der Waals surface area contributed by atoms with Crippen LogP contribution in [0.25, 0.3) is 0 Å². The normalized spacial score (nSPS) is 11.2. The molecule has 2 amide bonds. The lowest BCUT2D eigenvalue weighted by atomic mass is 10.1. The van der Waals surface area contributed by atoms with Gasteiger partial charge in [-0.05, 0) is 29.7 Å². The largest absolute Gasteiger partial charge is 0.467 e. The van der Waals surface area contributed by atoms with Crippen molar-refractivity contribution in [3.05, 3.63) is 70.2 Å². The first-order valence-corrected chi connectivity index (χ1v) is 9.86. The molecule has 0 saturated heterocycles. The molecule has 0 bridgehead atoms. The quantitative estimate of drug-likeness (QED) is 0.439. The first-order chi connectivity index (χ1) is 14.0. The monoisotopic (exact) mass is 462 g/mol. The summed E-state index contributed by atoms with van der Waals surface area (Å²) >= 11 is 3.33. The van der Waals surface area contributed by atoms with Crippen molar-refractivity contribution in [2.75, 3.05) is 13.7 Å². The molecule has 0 aromatic heterocycles. The zero-order valence-electron chi connectivity index (χ0n) is 16.0. The Bertz CT molecular complexity index is 812. The van der Waals surface area contributed by atoms with Gasteiger partial charge in [-0.3, -0.25) is 4.79 Å². The molecule has 0 aliphatic carbocycles. The van der Waals surface area contributed by atoms with E-state index in [0.717, 1.165) is 10.0 Å². The Morgan fingerprint density at radius 2 is 1.72 bits per heavy atom. The van der Waals surface area contributed by atoms with Gasteiger partial charge in [0.05, 0.1) is 7.11 Å². The summed E-state index contributed by atoms with van der Waals surface area (Å²) in [5, 5.41) is 5.26. The maximum atomic E-state index is 12.2. The van der Waals surface area contributed by atoms with Crippen LogP contribution < -0.4 is 10.6 Å². The van der Waals surface area contributed by atoms with Gasteiger partial charge in [0, 0.05) is 17.4 Å². The van der Waals surface area contributed by atoms with E-state index in [0.29, 0.717) is 12.0 Å². The standard InChI is InChI=1S/C21H23BrN2O5/c1-28-20(26)19(16-9-11-17(22)12-10-16)24-18(25)8-5-13-23-21(27)29-14-15-6-3-2-4-7-15/h2-4,6-7,9-12,19H,5,8,13-14H2,1H3,(H,23,27)(H,24,25). The van der Waals surface area contributed by atoms with Crippen LogP contribution in [0.1, 0.15) is 30.0 Å². The number of hydrogen-bond donors (Lipinski definition) is 2. The van der Waals surface area contributed by atoms with E-state index in [1.165, 1.54) is 7.11 Å². The zero-order chi connectivity index (χ0) is 21.1. The fourth-order valence-electron chi connectivity index (χ4n) is 2.50. The number of alkyl carbamates (subject to hydrolysis) is 1. The molecule has 0 spiro atoms. The number of rotatable bonds is 9. The van der Waals surface area contributed by atoms with Crippen molar-refractivity contribution in [1.29, 1.82) is 0 Å². The van der Waals surface area contributed by atoms with E-state index in [2.05, 4.69) is 26.6 Å². The molecule has 29 heavy (non-hydrogen) atoms. The van der Waals surface area contributed by atoms with Crippen LogP contribution in [-0.4, -0.2) is 31.6 Å². The summed E-state index contributed by atoms with van der Waals surface area (Å²) in [5.41, 5.74) is 1.51. The second-order valence-electron chi connectivity index (χ2n) is 6.17. The minimum atomic E-state index is -0.885. The molecule has 2 aromatic rings. The Morgan fingerprint density at radius 1 is 1.03 bits per heavy atom. The Balaban J connectivity index is 1.72. The number of benzene rings is 2. The molecule has 0 heterocycles. The molecule has 8 heteroatoms. The Labute approximate surface area is 177 Å². The van der Waals surface area contributed by atoms with E-state index >= 15 is 0 Å². The van der Waals surface area contributed by atoms with Crippen LogP contribution in [0, 0.1) is 0 Å². The number of amides is 2. The SMILES string of the molecule is COC(=O)C(NC(=O)CCCNC(=O)OCc1ccccc1)c1ccc(Br)cc1. The number of nitrogens with one attached hydrogen (secondary N) is 2. The molecule has 2 aromatic carbocycles. The smallest absolute Gasteiger partial charge is 0.407 e. The summed E-state index contributed by atoms with van der Waals surface area (Å²) < 4.78 is 10.7. The van der Waals surface area contributed by atoms with Crippen molar-refractivity contribution < 1.29 is 23.9 Å². The highest BCUT2D eigenvalue weighted by atomic mass is 79.9. The molecule has 2 rings (SSSR count). The second kappa shape index (κ2) is 11.9. The van der Waals surface area contributed by atoms with Crippen LogP contribution in [0.2, 0.25) is 0 Å². The third kappa shape index (κ3) is 7.95. The number of carbonyl (C=O) groups is 3. The van der Waals surface area contributed by atoms with Crippen molar-refractivity contribution in [2.45, 2.75) is 25.5 Å². The molecule has 7 nitrogen and oxygen atoms in total. The highest BCUT2D eigenvalue weighted by molar-refractivity contribution is 9.10. The third-order valence-corrected chi connectivity index (χ3v) is 4.54. The molecule has 0 saturated carbocycles. The maximum Gasteiger partial charge on any atom is 0.407 e. The number of hydrogen-bond acceptors (Lipinski definition) is 5. The fraction of sp³-hybridized carbons (Fsp3) is 0.286. The fourth-order valence-corrected chi connectivity index (χ4v) is 2.76.